The van der Waals surface area contributed by atoms with Crippen LogP contribution >= 0.6 is 0 Å². The molecule has 2 heterocycles. The summed E-state index contributed by atoms with van der Waals surface area (Å²) in [6.07, 6.45) is 3.11. The van der Waals surface area contributed by atoms with E-state index in [-0.39, 0.29) is 0 Å². The zero-order chi connectivity index (χ0) is 12.1. The lowest BCUT2D eigenvalue weighted by Gasteiger charge is -2.10. The Morgan fingerprint density at radius 2 is 2.41 bits per heavy atom. The van der Waals surface area contributed by atoms with E-state index in [9.17, 15) is 0 Å². The summed E-state index contributed by atoms with van der Waals surface area (Å²) >= 11 is 0. The van der Waals surface area contributed by atoms with Crippen LogP contribution in [0.3, 0.4) is 0 Å². The Labute approximate surface area is 103 Å². The van der Waals surface area contributed by atoms with E-state index in [4.69, 9.17) is 4.74 Å². The first kappa shape index (κ1) is 12.5. The van der Waals surface area contributed by atoms with E-state index < -0.39 is 0 Å². The summed E-state index contributed by atoms with van der Waals surface area (Å²) in [7, 11) is 4.10. The number of aromatic nitrogens is 2. The Morgan fingerprint density at radius 1 is 1.53 bits per heavy atom. The van der Waals surface area contributed by atoms with Crippen LogP contribution in [0.1, 0.15) is 17.8 Å². The highest BCUT2D eigenvalue weighted by atomic mass is 16.5. The second-order valence-electron chi connectivity index (χ2n) is 4.72. The lowest BCUT2D eigenvalue weighted by Crippen LogP contribution is -2.18. The molecule has 0 atom stereocenters. The molecule has 2 rings (SSSR count). The van der Waals surface area contributed by atoms with E-state index in [0.29, 0.717) is 6.61 Å². The normalized spacial score (nSPS) is 15.9. The van der Waals surface area contributed by atoms with Crippen molar-refractivity contribution in [3.63, 3.8) is 0 Å². The lowest BCUT2D eigenvalue weighted by atomic mass is 10.3. The highest BCUT2D eigenvalue weighted by Crippen LogP contribution is 2.12. The monoisotopic (exact) mass is 238 g/mol. The highest BCUT2D eigenvalue weighted by Gasteiger charge is 2.12. The van der Waals surface area contributed by atoms with Gasteiger partial charge in [-0.3, -0.25) is 0 Å². The number of nitrogens with zero attached hydrogens (tertiary/aromatic N) is 3. The molecule has 0 unspecified atom stereocenters. The third-order valence-electron chi connectivity index (χ3n) is 3.00. The van der Waals surface area contributed by atoms with E-state index in [1.165, 1.54) is 12.1 Å². The molecule has 0 aliphatic carbocycles. The molecular weight excluding hydrogens is 216 g/mol. The van der Waals surface area contributed by atoms with Crippen LogP contribution in [-0.4, -0.2) is 48.2 Å². The summed E-state index contributed by atoms with van der Waals surface area (Å²) < 4.78 is 7.89. The van der Waals surface area contributed by atoms with Gasteiger partial charge in [0.15, 0.2) is 0 Å². The second-order valence-corrected chi connectivity index (χ2v) is 4.72. The van der Waals surface area contributed by atoms with Crippen molar-refractivity contribution in [3.8, 4) is 0 Å². The summed E-state index contributed by atoms with van der Waals surface area (Å²) in [5, 5.41) is 3.41. The molecule has 17 heavy (non-hydrogen) atoms. The van der Waals surface area contributed by atoms with Gasteiger partial charge in [0.2, 0.25) is 0 Å². The Kier molecular flexibility index (Phi) is 4.53. The van der Waals surface area contributed by atoms with Crippen LogP contribution in [-0.2, 0) is 24.4 Å². The number of hydrogen-bond donors (Lipinski definition) is 1. The predicted octanol–water partition coefficient (Wildman–Crippen LogP) is 0.455. The quantitative estimate of drug-likeness (QED) is 0.757. The number of likely N-dealkylation sites (N-methyl/N-ethyl adjacent to an activating group) is 1. The molecule has 1 aliphatic heterocycles. The molecule has 1 aromatic rings. The maximum atomic E-state index is 5.65. The van der Waals surface area contributed by atoms with Gasteiger partial charge < -0.3 is 19.5 Å². The Hall–Kier alpha value is -0.910. The fourth-order valence-electron chi connectivity index (χ4n) is 1.96. The van der Waals surface area contributed by atoms with E-state index in [1.807, 2.05) is 6.33 Å². The molecule has 0 bridgehead atoms. The van der Waals surface area contributed by atoms with Crippen LogP contribution in [0, 0.1) is 0 Å². The Bertz CT molecular complexity index is 348. The number of rotatable bonds is 5. The van der Waals surface area contributed by atoms with Gasteiger partial charge in [0.05, 0.1) is 30.9 Å². The molecule has 0 fully saturated rings. The number of fused-ring (bicyclic) bond motifs is 1. The first-order valence-electron chi connectivity index (χ1n) is 6.23. The van der Waals surface area contributed by atoms with Gasteiger partial charge in [-0.15, -0.1) is 0 Å². The van der Waals surface area contributed by atoms with Crippen molar-refractivity contribution in [2.45, 2.75) is 26.1 Å². The topological polar surface area (TPSA) is 42.3 Å². The van der Waals surface area contributed by atoms with Gasteiger partial charge in [-0.25, -0.2) is 4.98 Å². The zero-order valence-electron chi connectivity index (χ0n) is 10.8. The molecule has 0 saturated carbocycles. The SMILES string of the molecule is CN(C)CCOCc1ncn2c1CNCCC2. The smallest absolute Gasteiger partial charge is 0.0953 e. The molecule has 0 spiro atoms. The van der Waals surface area contributed by atoms with Gasteiger partial charge in [-0.2, -0.15) is 0 Å². The average molecular weight is 238 g/mol. The van der Waals surface area contributed by atoms with Gasteiger partial charge in [-0.1, -0.05) is 0 Å². The van der Waals surface area contributed by atoms with Crippen LogP contribution in [0.15, 0.2) is 6.33 Å². The first-order valence-corrected chi connectivity index (χ1v) is 6.23. The van der Waals surface area contributed by atoms with E-state index >= 15 is 0 Å². The van der Waals surface area contributed by atoms with E-state index in [0.717, 1.165) is 38.5 Å². The van der Waals surface area contributed by atoms with Gasteiger partial charge >= 0.3 is 0 Å². The molecule has 1 N–H and O–H groups in total. The zero-order valence-corrected chi connectivity index (χ0v) is 10.8. The van der Waals surface area contributed by atoms with Crippen molar-refractivity contribution in [2.24, 2.45) is 0 Å². The minimum absolute atomic E-state index is 0.623. The molecular formula is C12H22N4O. The highest BCUT2D eigenvalue weighted by molar-refractivity contribution is 5.13. The van der Waals surface area contributed by atoms with E-state index in [1.54, 1.807) is 0 Å². The van der Waals surface area contributed by atoms with Crippen LogP contribution < -0.4 is 5.32 Å². The van der Waals surface area contributed by atoms with Crippen molar-refractivity contribution in [1.29, 1.82) is 0 Å². The number of imidazole rings is 1. The summed E-state index contributed by atoms with van der Waals surface area (Å²) in [5.74, 6) is 0. The van der Waals surface area contributed by atoms with Gasteiger partial charge in [-0.05, 0) is 27.1 Å². The van der Waals surface area contributed by atoms with Crippen LogP contribution in [0.2, 0.25) is 0 Å². The summed E-state index contributed by atoms with van der Waals surface area (Å²) in [6, 6.07) is 0. The van der Waals surface area contributed by atoms with Crippen LogP contribution in [0.5, 0.6) is 0 Å². The molecule has 0 saturated heterocycles. The van der Waals surface area contributed by atoms with Crippen molar-refractivity contribution in [1.82, 2.24) is 19.8 Å². The summed E-state index contributed by atoms with van der Waals surface area (Å²) in [6.45, 7) is 5.39. The third-order valence-corrected chi connectivity index (χ3v) is 3.00. The standard InChI is InChI=1S/C12H22N4O/c1-15(2)6-7-17-9-11-12-8-13-4-3-5-16(12)10-14-11/h10,13H,3-9H2,1-2H3. The van der Waals surface area contributed by atoms with Crippen molar-refractivity contribution < 1.29 is 4.74 Å². The maximum Gasteiger partial charge on any atom is 0.0953 e. The molecule has 5 nitrogen and oxygen atoms in total. The fourth-order valence-corrected chi connectivity index (χ4v) is 1.96. The van der Waals surface area contributed by atoms with Gasteiger partial charge in [0.1, 0.15) is 0 Å². The van der Waals surface area contributed by atoms with E-state index in [2.05, 4.69) is 33.9 Å². The van der Waals surface area contributed by atoms with Crippen molar-refractivity contribution >= 4 is 0 Å². The number of aryl methyl sites for hydroxylation is 1. The average Bonchev–Trinajstić information content (AvgIpc) is 2.54. The molecule has 0 amide bonds. The third kappa shape index (κ3) is 3.52. The fraction of sp³-hybridized carbons (Fsp3) is 0.750. The number of ether oxygens (including phenoxy) is 1. The second kappa shape index (κ2) is 6.14. The van der Waals surface area contributed by atoms with Crippen molar-refractivity contribution in [3.05, 3.63) is 17.7 Å². The molecule has 0 radical (unpaired) electrons. The summed E-state index contributed by atoms with van der Waals surface area (Å²) in [5.41, 5.74) is 2.37. The molecule has 5 heteroatoms. The summed E-state index contributed by atoms with van der Waals surface area (Å²) in [4.78, 5) is 6.56. The van der Waals surface area contributed by atoms with Gasteiger partial charge in [0, 0.05) is 19.6 Å². The largest absolute Gasteiger partial charge is 0.374 e. The minimum atomic E-state index is 0.623. The molecule has 0 aromatic carbocycles. The van der Waals surface area contributed by atoms with Crippen molar-refractivity contribution in [2.75, 3.05) is 33.8 Å². The minimum Gasteiger partial charge on any atom is -0.374 e. The Balaban J connectivity index is 1.86. The first-order chi connectivity index (χ1) is 8.27. The number of nitrogens with one attached hydrogen (secondary N) is 1. The molecule has 1 aliphatic rings. The van der Waals surface area contributed by atoms with Crippen LogP contribution in [0.4, 0.5) is 0 Å². The lowest BCUT2D eigenvalue weighted by molar-refractivity contribution is 0.103. The predicted molar refractivity (Wildman–Crippen MR) is 66.8 cm³/mol. The van der Waals surface area contributed by atoms with Crippen LogP contribution in [0.25, 0.3) is 0 Å². The van der Waals surface area contributed by atoms with Gasteiger partial charge in [0.25, 0.3) is 0 Å². The number of hydrogen-bond acceptors (Lipinski definition) is 4. The molecule has 96 valence electrons. The molecule has 1 aromatic heterocycles. The maximum absolute atomic E-state index is 5.65. The Morgan fingerprint density at radius 3 is 3.24 bits per heavy atom.